The number of hydrogen-bond donors (Lipinski definition) is 1. The third kappa shape index (κ3) is 2.62. The van der Waals surface area contributed by atoms with Gasteiger partial charge in [0, 0.05) is 45.7 Å². The van der Waals surface area contributed by atoms with Crippen LogP contribution in [0.25, 0.3) is 28.0 Å². The van der Waals surface area contributed by atoms with E-state index >= 15 is 4.39 Å². The summed E-state index contributed by atoms with van der Waals surface area (Å²) in [7, 11) is 0. The number of fused-ring (bicyclic) bond motifs is 4. The predicted octanol–water partition coefficient (Wildman–Crippen LogP) is 5.27. The molecule has 0 saturated carbocycles. The van der Waals surface area contributed by atoms with Gasteiger partial charge in [-0.1, -0.05) is 24.3 Å². The monoisotopic (exact) mass is 432 g/mol. The molecule has 33 heavy (non-hydrogen) atoms. The van der Waals surface area contributed by atoms with Crippen LogP contribution in [-0.4, -0.2) is 10.1 Å². The van der Waals surface area contributed by atoms with Crippen LogP contribution in [0.3, 0.4) is 0 Å². The highest BCUT2D eigenvalue weighted by molar-refractivity contribution is 6.20. The second-order valence-electron chi connectivity index (χ2n) is 7.29. The van der Waals surface area contributed by atoms with Gasteiger partial charge in [0.25, 0.3) is 0 Å². The number of allylic oxidation sites excluding steroid dienone is 5. The molecule has 7 heteroatoms. The van der Waals surface area contributed by atoms with Gasteiger partial charge in [-0.2, -0.15) is 15.8 Å². The fourth-order valence-corrected chi connectivity index (χ4v) is 4.49. The van der Waals surface area contributed by atoms with Crippen LogP contribution < -0.4 is 0 Å². The molecule has 0 atom stereocenters. The first kappa shape index (κ1) is 19.9. The predicted molar refractivity (Wildman–Crippen MR) is 115 cm³/mol. The molecule has 5 nitrogen and oxygen atoms in total. The van der Waals surface area contributed by atoms with Gasteiger partial charge in [-0.15, -0.1) is 0 Å². The van der Waals surface area contributed by atoms with E-state index in [1.54, 1.807) is 42.6 Å². The lowest BCUT2D eigenvalue weighted by Crippen LogP contribution is -1.96. The summed E-state index contributed by atoms with van der Waals surface area (Å²) in [5.74, 6) is -2.39. The van der Waals surface area contributed by atoms with Crippen LogP contribution in [0.15, 0.2) is 65.9 Å². The Morgan fingerprint density at radius 1 is 0.879 bits per heavy atom. The molecule has 1 heterocycles. The van der Waals surface area contributed by atoms with Crippen molar-refractivity contribution in [2.45, 2.75) is 0 Å². The molecule has 0 bridgehead atoms. The number of halogens is 2. The van der Waals surface area contributed by atoms with Gasteiger partial charge in [0.05, 0.1) is 17.3 Å². The minimum atomic E-state index is -1.22. The van der Waals surface area contributed by atoms with E-state index < -0.39 is 17.2 Å². The second-order valence-corrected chi connectivity index (χ2v) is 7.29. The lowest BCUT2D eigenvalue weighted by molar-refractivity contribution is 0.477. The molecule has 0 radical (unpaired) electrons. The quantitative estimate of drug-likeness (QED) is 0.381. The van der Waals surface area contributed by atoms with Crippen molar-refractivity contribution in [1.29, 1.82) is 15.8 Å². The molecule has 0 fully saturated rings. The minimum Gasteiger partial charge on any atom is -0.507 e. The Balaban J connectivity index is 2.06. The highest BCUT2D eigenvalue weighted by Crippen LogP contribution is 2.56. The van der Waals surface area contributed by atoms with Crippen LogP contribution in [0.5, 0.6) is 5.75 Å². The van der Waals surface area contributed by atoms with Gasteiger partial charge >= 0.3 is 0 Å². The normalized spacial score (nSPS) is 16.5. The Labute approximate surface area is 186 Å². The molecule has 0 saturated heterocycles. The molecule has 5 rings (SSSR count). The SMILES string of the molecule is N#CC=C1/C(=C2\c3cccnc3-c3c(O)cccc32)C(=C(C#N)C#N)c2c1ccc(F)c2F. The summed E-state index contributed by atoms with van der Waals surface area (Å²) >= 11 is 0. The zero-order valence-electron chi connectivity index (χ0n) is 16.7. The van der Waals surface area contributed by atoms with Gasteiger partial charge in [0.1, 0.15) is 23.5 Å². The zero-order chi connectivity index (χ0) is 23.3. The number of hydrogen-bond acceptors (Lipinski definition) is 5. The van der Waals surface area contributed by atoms with E-state index in [1.807, 2.05) is 6.07 Å². The summed E-state index contributed by atoms with van der Waals surface area (Å²) in [5, 5.41) is 39.4. The Hall–Kier alpha value is -5.06. The van der Waals surface area contributed by atoms with E-state index in [1.165, 1.54) is 18.2 Å². The van der Waals surface area contributed by atoms with Crippen molar-refractivity contribution in [3.05, 3.63) is 99.8 Å². The maximum Gasteiger partial charge on any atom is 0.167 e. The standard InChI is InChI=1S/C26H10F2N4O/c27-18-7-6-14-15(8-9-29)23(20(13(11-30)12-31)24(14)25(18)28)21-16-3-1-5-19(33)22(16)26-17(21)4-2-10-32-26/h1-8,10,33H/b15-8?,23-21+. The van der Waals surface area contributed by atoms with Gasteiger partial charge < -0.3 is 5.11 Å². The van der Waals surface area contributed by atoms with Gasteiger partial charge in [-0.05, 0) is 29.3 Å². The third-order valence-corrected chi connectivity index (χ3v) is 5.71. The molecule has 1 aromatic heterocycles. The van der Waals surface area contributed by atoms with Crippen molar-refractivity contribution in [2.75, 3.05) is 0 Å². The largest absolute Gasteiger partial charge is 0.507 e. The van der Waals surface area contributed by atoms with Crippen LogP contribution in [0.4, 0.5) is 8.78 Å². The fraction of sp³-hybridized carbons (Fsp3) is 0. The average molecular weight is 432 g/mol. The molecule has 3 aromatic rings. The smallest absolute Gasteiger partial charge is 0.167 e. The minimum absolute atomic E-state index is 0.0343. The van der Waals surface area contributed by atoms with Crippen LogP contribution in [0.2, 0.25) is 0 Å². The van der Waals surface area contributed by atoms with Gasteiger partial charge in [-0.25, -0.2) is 8.78 Å². The van der Waals surface area contributed by atoms with E-state index in [4.69, 9.17) is 0 Å². The number of aromatic nitrogens is 1. The number of phenolic OH excluding ortho intramolecular Hbond substituents is 1. The number of aromatic hydroxyl groups is 1. The molecular weight excluding hydrogens is 422 g/mol. The summed E-state index contributed by atoms with van der Waals surface area (Å²) in [4.78, 5) is 4.39. The lowest BCUT2D eigenvalue weighted by atomic mass is 9.89. The Morgan fingerprint density at radius 2 is 1.64 bits per heavy atom. The maximum atomic E-state index is 15.1. The van der Waals surface area contributed by atoms with Crippen molar-refractivity contribution in [1.82, 2.24) is 4.98 Å². The number of pyridine rings is 1. The van der Waals surface area contributed by atoms with Crippen LogP contribution in [0.1, 0.15) is 22.3 Å². The Morgan fingerprint density at radius 3 is 2.36 bits per heavy atom. The molecule has 0 spiro atoms. The first-order chi connectivity index (χ1) is 16.0. The molecule has 0 amide bonds. The third-order valence-electron chi connectivity index (χ3n) is 5.71. The fourth-order valence-electron chi connectivity index (χ4n) is 4.49. The number of phenols is 1. The highest BCUT2D eigenvalue weighted by atomic mass is 19.2. The zero-order valence-corrected chi connectivity index (χ0v) is 16.7. The topological polar surface area (TPSA) is 104 Å². The highest BCUT2D eigenvalue weighted by Gasteiger charge is 2.39. The second kappa shape index (κ2) is 7.27. The summed E-state index contributed by atoms with van der Waals surface area (Å²) in [6, 6.07) is 16.0. The van der Waals surface area contributed by atoms with Gasteiger partial charge in [-0.3, -0.25) is 4.98 Å². The van der Waals surface area contributed by atoms with Crippen molar-refractivity contribution in [2.24, 2.45) is 0 Å². The molecular formula is C26H10F2N4O. The van der Waals surface area contributed by atoms with Crippen LogP contribution in [-0.2, 0) is 0 Å². The van der Waals surface area contributed by atoms with E-state index in [0.29, 0.717) is 28.0 Å². The molecule has 1 N–H and O–H groups in total. The molecule has 2 aliphatic rings. The van der Waals surface area contributed by atoms with Crippen molar-refractivity contribution < 1.29 is 13.9 Å². The molecule has 0 unspecified atom stereocenters. The lowest BCUT2D eigenvalue weighted by Gasteiger charge is -2.12. The Kier molecular flexibility index (Phi) is 4.38. The summed E-state index contributed by atoms with van der Waals surface area (Å²) < 4.78 is 29.4. The van der Waals surface area contributed by atoms with E-state index in [-0.39, 0.29) is 33.6 Å². The summed E-state index contributed by atoms with van der Waals surface area (Å²) in [6.45, 7) is 0. The van der Waals surface area contributed by atoms with Crippen LogP contribution >= 0.6 is 0 Å². The van der Waals surface area contributed by atoms with Gasteiger partial charge in [0.2, 0.25) is 0 Å². The number of rotatable bonds is 0. The van der Waals surface area contributed by atoms with Crippen LogP contribution in [0, 0.1) is 45.6 Å². The maximum absolute atomic E-state index is 15.1. The number of benzene rings is 2. The summed E-state index contributed by atoms with van der Waals surface area (Å²) in [6.07, 6.45) is 2.73. The molecule has 154 valence electrons. The molecule has 2 aromatic carbocycles. The van der Waals surface area contributed by atoms with E-state index in [2.05, 4.69) is 4.98 Å². The van der Waals surface area contributed by atoms with Crippen molar-refractivity contribution in [3.8, 4) is 35.2 Å². The number of nitrogens with zero attached hydrogens (tertiary/aromatic N) is 4. The Bertz CT molecular complexity index is 1610. The molecule has 2 aliphatic carbocycles. The van der Waals surface area contributed by atoms with Crippen molar-refractivity contribution >= 4 is 16.7 Å². The van der Waals surface area contributed by atoms with Gasteiger partial charge in [0.15, 0.2) is 11.6 Å². The van der Waals surface area contributed by atoms with E-state index in [0.717, 1.165) is 6.07 Å². The van der Waals surface area contributed by atoms with Crippen molar-refractivity contribution in [3.63, 3.8) is 0 Å². The summed E-state index contributed by atoms with van der Waals surface area (Å²) in [5.41, 5.74) is 2.33. The van der Waals surface area contributed by atoms with E-state index in [9.17, 15) is 25.3 Å². The average Bonchev–Trinajstić information content (AvgIpc) is 3.31. The molecule has 0 aliphatic heterocycles. The number of nitriles is 3. The first-order valence-electron chi connectivity index (χ1n) is 9.69. The first-order valence-corrected chi connectivity index (χ1v) is 9.69.